The molecule has 1 fully saturated rings. The Balaban J connectivity index is 2.34. The third-order valence-electron chi connectivity index (χ3n) is 2.98. The van der Waals surface area contributed by atoms with Crippen LogP contribution in [0.3, 0.4) is 0 Å². The molecule has 1 saturated carbocycles. The minimum Gasteiger partial charge on any atom is -0.496 e. The second kappa shape index (κ2) is 4.19. The summed E-state index contributed by atoms with van der Waals surface area (Å²) in [5, 5.41) is 9.32. The van der Waals surface area contributed by atoms with Crippen molar-refractivity contribution in [3.8, 4) is 5.75 Å². The molecule has 0 spiro atoms. The fraction of sp³-hybridized carbons (Fsp3) is 0.500. The van der Waals surface area contributed by atoms with E-state index in [1.165, 1.54) is 12.1 Å². The van der Waals surface area contributed by atoms with E-state index in [1.807, 2.05) is 0 Å². The highest BCUT2D eigenvalue weighted by molar-refractivity contribution is 5.38. The van der Waals surface area contributed by atoms with Crippen molar-refractivity contribution in [3.05, 3.63) is 29.6 Å². The third kappa shape index (κ3) is 2.12. The summed E-state index contributed by atoms with van der Waals surface area (Å²) >= 11 is 0. The van der Waals surface area contributed by atoms with Crippen LogP contribution in [0.1, 0.15) is 24.3 Å². The molecule has 1 atom stereocenters. The number of halogens is 1. The van der Waals surface area contributed by atoms with Crippen LogP contribution in [-0.4, -0.2) is 18.8 Å². The van der Waals surface area contributed by atoms with Crippen LogP contribution in [0.2, 0.25) is 0 Å². The molecule has 0 radical (unpaired) electrons. The molecule has 0 amide bonds. The first-order chi connectivity index (χ1) is 7.26. The van der Waals surface area contributed by atoms with Crippen LogP contribution in [0, 0.1) is 11.7 Å². The van der Waals surface area contributed by atoms with Crippen molar-refractivity contribution < 1.29 is 14.2 Å². The third-order valence-corrected chi connectivity index (χ3v) is 2.98. The zero-order chi connectivity index (χ0) is 10.8. The molecule has 1 aromatic carbocycles. The lowest BCUT2D eigenvalue weighted by molar-refractivity contribution is 0.249. The van der Waals surface area contributed by atoms with Gasteiger partial charge in [0.15, 0.2) is 0 Å². The average molecular weight is 210 g/mol. The Kier molecular flexibility index (Phi) is 2.91. The summed E-state index contributed by atoms with van der Waals surface area (Å²) in [5.41, 5.74) is 0.794. The van der Waals surface area contributed by atoms with Crippen LogP contribution in [-0.2, 0) is 0 Å². The van der Waals surface area contributed by atoms with Crippen molar-refractivity contribution >= 4 is 0 Å². The molecule has 82 valence electrons. The Hall–Kier alpha value is -1.09. The Bertz CT molecular complexity index is 347. The number of aliphatic hydroxyl groups is 1. The molecule has 0 aliphatic heterocycles. The number of aliphatic hydroxyl groups excluding tert-OH is 1. The Morgan fingerprint density at radius 1 is 1.53 bits per heavy atom. The summed E-state index contributed by atoms with van der Waals surface area (Å²) in [5.74, 6) is 0.911. The van der Waals surface area contributed by atoms with Gasteiger partial charge in [0.1, 0.15) is 11.6 Å². The van der Waals surface area contributed by atoms with E-state index in [9.17, 15) is 9.50 Å². The van der Waals surface area contributed by atoms with Crippen LogP contribution in [0.5, 0.6) is 5.75 Å². The lowest BCUT2D eigenvalue weighted by Crippen LogP contribution is -2.08. The summed E-state index contributed by atoms with van der Waals surface area (Å²) in [6.07, 6.45) is 2.23. The molecule has 2 nitrogen and oxygen atoms in total. The van der Waals surface area contributed by atoms with Gasteiger partial charge in [0, 0.05) is 11.5 Å². The van der Waals surface area contributed by atoms with Gasteiger partial charge < -0.3 is 9.84 Å². The second-order valence-electron chi connectivity index (χ2n) is 4.01. The average Bonchev–Trinajstić information content (AvgIpc) is 3.04. The molecule has 1 unspecified atom stereocenters. The van der Waals surface area contributed by atoms with Gasteiger partial charge in [0.2, 0.25) is 0 Å². The SMILES string of the molecule is COc1ccc(F)cc1C(CO)C1CC1. The van der Waals surface area contributed by atoms with E-state index in [1.54, 1.807) is 13.2 Å². The van der Waals surface area contributed by atoms with Gasteiger partial charge in [-0.2, -0.15) is 0 Å². The summed E-state index contributed by atoms with van der Waals surface area (Å²) in [4.78, 5) is 0. The van der Waals surface area contributed by atoms with E-state index in [4.69, 9.17) is 4.74 Å². The summed E-state index contributed by atoms with van der Waals surface area (Å²) in [6.45, 7) is 0.0600. The zero-order valence-electron chi connectivity index (χ0n) is 8.74. The number of hydrogen-bond acceptors (Lipinski definition) is 2. The minimum atomic E-state index is -0.273. The summed E-state index contributed by atoms with van der Waals surface area (Å²) in [6, 6.07) is 4.47. The number of methoxy groups -OCH3 is 1. The lowest BCUT2D eigenvalue weighted by Gasteiger charge is -2.17. The molecule has 0 heterocycles. The molecule has 3 heteroatoms. The van der Waals surface area contributed by atoms with Crippen LogP contribution in [0.15, 0.2) is 18.2 Å². The maximum absolute atomic E-state index is 13.1. The van der Waals surface area contributed by atoms with Gasteiger partial charge in [-0.05, 0) is 37.0 Å². The van der Waals surface area contributed by atoms with Crippen molar-refractivity contribution in [1.29, 1.82) is 0 Å². The maximum Gasteiger partial charge on any atom is 0.123 e. The van der Waals surface area contributed by atoms with Crippen molar-refractivity contribution in [2.24, 2.45) is 5.92 Å². The fourth-order valence-electron chi connectivity index (χ4n) is 1.99. The molecule has 2 rings (SSSR count). The normalized spacial score (nSPS) is 17.5. The number of ether oxygens (including phenoxy) is 1. The minimum absolute atomic E-state index is 0.0237. The first-order valence-electron chi connectivity index (χ1n) is 5.20. The molecule has 0 bridgehead atoms. The van der Waals surface area contributed by atoms with Crippen LogP contribution < -0.4 is 4.74 Å². The van der Waals surface area contributed by atoms with Crippen molar-refractivity contribution in [1.82, 2.24) is 0 Å². The molecular weight excluding hydrogens is 195 g/mol. The predicted molar refractivity (Wildman–Crippen MR) is 55.5 cm³/mol. The smallest absolute Gasteiger partial charge is 0.123 e. The number of benzene rings is 1. The van der Waals surface area contributed by atoms with E-state index in [0.29, 0.717) is 11.7 Å². The van der Waals surface area contributed by atoms with Gasteiger partial charge in [-0.15, -0.1) is 0 Å². The number of hydrogen-bond donors (Lipinski definition) is 1. The van der Waals surface area contributed by atoms with Gasteiger partial charge >= 0.3 is 0 Å². The van der Waals surface area contributed by atoms with E-state index in [0.717, 1.165) is 18.4 Å². The predicted octanol–water partition coefficient (Wildman–Crippen LogP) is 2.32. The van der Waals surface area contributed by atoms with Crippen LogP contribution in [0.4, 0.5) is 4.39 Å². The molecule has 1 aliphatic rings. The maximum atomic E-state index is 13.1. The summed E-state index contributed by atoms with van der Waals surface area (Å²) < 4.78 is 18.3. The highest BCUT2D eigenvalue weighted by Gasteiger charge is 2.33. The standard InChI is InChI=1S/C12H15FO2/c1-15-12-5-4-9(13)6-10(12)11(7-14)8-2-3-8/h4-6,8,11,14H,2-3,7H2,1H3. The molecular formula is C12H15FO2. The Morgan fingerprint density at radius 3 is 2.80 bits per heavy atom. The second-order valence-corrected chi connectivity index (χ2v) is 4.01. The Morgan fingerprint density at radius 2 is 2.27 bits per heavy atom. The topological polar surface area (TPSA) is 29.5 Å². The monoisotopic (exact) mass is 210 g/mol. The molecule has 1 aromatic rings. The van der Waals surface area contributed by atoms with Crippen molar-refractivity contribution in [2.45, 2.75) is 18.8 Å². The molecule has 1 aliphatic carbocycles. The number of rotatable bonds is 4. The van der Waals surface area contributed by atoms with Gasteiger partial charge in [-0.3, -0.25) is 0 Å². The first-order valence-corrected chi connectivity index (χ1v) is 5.20. The van der Waals surface area contributed by atoms with Gasteiger partial charge in [-0.1, -0.05) is 0 Å². The van der Waals surface area contributed by atoms with E-state index in [-0.39, 0.29) is 18.3 Å². The molecule has 0 saturated heterocycles. The van der Waals surface area contributed by atoms with Crippen molar-refractivity contribution in [2.75, 3.05) is 13.7 Å². The van der Waals surface area contributed by atoms with Crippen molar-refractivity contribution in [3.63, 3.8) is 0 Å². The molecule has 1 N–H and O–H groups in total. The quantitative estimate of drug-likeness (QED) is 0.826. The van der Waals surface area contributed by atoms with E-state index in [2.05, 4.69) is 0 Å². The Labute approximate surface area is 88.7 Å². The van der Waals surface area contributed by atoms with Crippen LogP contribution >= 0.6 is 0 Å². The summed E-state index contributed by atoms with van der Waals surface area (Å²) in [7, 11) is 1.57. The van der Waals surface area contributed by atoms with E-state index < -0.39 is 0 Å². The zero-order valence-corrected chi connectivity index (χ0v) is 8.74. The van der Waals surface area contributed by atoms with Crippen LogP contribution in [0.25, 0.3) is 0 Å². The highest BCUT2D eigenvalue weighted by atomic mass is 19.1. The highest BCUT2D eigenvalue weighted by Crippen LogP contribution is 2.44. The first kappa shape index (κ1) is 10.4. The van der Waals surface area contributed by atoms with Gasteiger partial charge in [0.25, 0.3) is 0 Å². The van der Waals surface area contributed by atoms with E-state index >= 15 is 0 Å². The molecule has 0 aromatic heterocycles. The fourth-order valence-corrected chi connectivity index (χ4v) is 1.99. The van der Waals surface area contributed by atoms with Gasteiger partial charge in [0.05, 0.1) is 13.7 Å². The largest absolute Gasteiger partial charge is 0.496 e. The molecule has 15 heavy (non-hydrogen) atoms. The van der Waals surface area contributed by atoms with Gasteiger partial charge in [-0.25, -0.2) is 4.39 Å². The lowest BCUT2D eigenvalue weighted by atomic mass is 9.94.